The van der Waals surface area contributed by atoms with E-state index in [4.69, 9.17) is 4.74 Å². The van der Waals surface area contributed by atoms with Crippen LogP contribution in [0.3, 0.4) is 0 Å². The molecular weight excluding hydrogens is 128 g/mol. The Kier molecular flexibility index (Phi) is 2.34. The number of rotatable bonds is 2. The second-order valence-corrected chi connectivity index (χ2v) is 1.98. The van der Waals surface area contributed by atoms with Gasteiger partial charge in [0.25, 0.3) is 0 Å². The van der Waals surface area contributed by atoms with E-state index < -0.39 is 0 Å². The van der Waals surface area contributed by atoms with Crippen molar-refractivity contribution in [2.75, 3.05) is 7.11 Å². The minimum Gasteiger partial charge on any atom is -0.374 e. The van der Waals surface area contributed by atoms with Gasteiger partial charge < -0.3 is 4.74 Å². The molecule has 0 fully saturated rings. The summed E-state index contributed by atoms with van der Waals surface area (Å²) < 4.78 is 5.01. The molecule has 0 saturated carbocycles. The van der Waals surface area contributed by atoms with Crippen molar-refractivity contribution in [1.82, 2.24) is 9.97 Å². The summed E-state index contributed by atoms with van der Waals surface area (Å²) in [4.78, 5) is 8.03. The van der Waals surface area contributed by atoms with Crippen LogP contribution in [0.4, 0.5) is 0 Å². The molecule has 1 aromatic rings. The average molecular weight is 138 g/mol. The van der Waals surface area contributed by atoms with Gasteiger partial charge in [-0.05, 0) is 13.0 Å². The van der Waals surface area contributed by atoms with Crippen LogP contribution < -0.4 is 0 Å². The zero-order chi connectivity index (χ0) is 7.40. The maximum atomic E-state index is 5.01. The molecule has 0 radical (unpaired) electrons. The van der Waals surface area contributed by atoms with Crippen LogP contribution in [0.2, 0.25) is 0 Å². The van der Waals surface area contributed by atoms with Crippen molar-refractivity contribution in [3.63, 3.8) is 0 Å². The van der Waals surface area contributed by atoms with Gasteiger partial charge in [-0.15, -0.1) is 0 Å². The number of methoxy groups -OCH3 is 1. The summed E-state index contributed by atoms with van der Waals surface area (Å²) in [6, 6.07) is 1.78. The summed E-state index contributed by atoms with van der Waals surface area (Å²) >= 11 is 0. The quantitative estimate of drug-likeness (QED) is 0.615. The molecule has 0 aliphatic carbocycles. The van der Waals surface area contributed by atoms with E-state index in [0.29, 0.717) is 0 Å². The summed E-state index contributed by atoms with van der Waals surface area (Å²) in [7, 11) is 1.64. The highest BCUT2D eigenvalue weighted by Gasteiger charge is 2.03. The summed E-state index contributed by atoms with van der Waals surface area (Å²) in [6.07, 6.45) is 3.40. The predicted molar refractivity (Wildman–Crippen MR) is 37.5 cm³/mol. The third kappa shape index (κ3) is 1.51. The third-order valence-electron chi connectivity index (χ3n) is 1.30. The van der Waals surface area contributed by atoms with Crippen molar-refractivity contribution in [2.45, 2.75) is 13.0 Å². The first-order chi connectivity index (χ1) is 4.84. The fourth-order valence-corrected chi connectivity index (χ4v) is 0.626. The second kappa shape index (κ2) is 3.27. The lowest BCUT2D eigenvalue weighted by Crippen LogP contribution is -2.00. The van der Waals surface area contributed by atoms with Crippen LogP contribution in [0, 0.1) is 0 Å². The van der Waals surface area contributed by atoms with Crippen molar-refractivity contribution in [3.8, 4) is 0 Å². The van der Waals surface area contributed by atoms with Gasteiger partial charge >= 0.3 is 0 Å². The smallest absolute Gasteiger partial charge is 0.156 e. The van der Waals surface area contributed by atoms with E-state index in [1.54, 1.807) is 25.6 Å². The Morgan fingerprint density at radius 3 is 2.50 bits per heavy atom. The van der Waals surface area contributed by atoms with Gasteiger partial charge in [-0.1, -0.05) is 0 Å². The average Bonchev–Trinajstić information content (AvgIpc) is 2.05. The predicted octanol–water partition coefficient (Wildman–Crippen LogP) is 1.18. The minimum absolute atomic E-state index is 0.0128. The molecule has 0 spiro atoms. The third-order valence-corrected chi connectivity index (χ3v) is 1.30. The topological polar surface area (TPSA) is 35.0 Å². The highest BCUT2D eigenvalue weighted by Crippen LogP contribution is 2.07. The van der Waals surface area contributed by atoms with E-state index in [0.717, 1.165) is 5.82 Å². The summed E-state index contributed by atoms with van der Waals surface area (Å²) in [5, 5.41) is 0. The molecule has 0 N–H and O–H groups in total. The Morgan fingerprint density at radius 2 is 2.00 bits per heavy atom. The van der Waals surface area contributed by atoms with Gasteiger partial charge in [0.1, 0.15) is 6.10 Å². The fraction of sp³-hybridized carbons (Fsp3) is 0.429. The van der Waals surface area contributed by atoms with Gasteiger partial charge in [-0.25, -0.2) is 9.97 Å². The van der Waals surface area contributed by atoms with Gasteiger partial charge in [0.2, 0.25) is 0 Å². The molecule has 1 aromatic heterocycles. The maximum absolute atomic E-state index is 5.01. The van der Waals surface area contributed by atoms with E-state index in [1.165, 1.54) is 0 Å². The Bertz CT molecular complexity index is 188. The Hall–Kier alpha value is -0.960. The number of aromatic nitrogens is 2. The largest absolute Gasteiger partial charge is 0.374 e. The fourth-order valence-electron chi connectivity index (χ4n) is 0.626. The molecule has 0 amide bonds. The van der Waals surface area contributed by atoms with Crippen molar-refractivity contribution < 1.29 is 4.74 Å². The lowest BCUT2D eigenvalue weighted by Gasteiger charge is -2.05. The number of ether oxygens (including phenoxy) is 1. The van der Waals surface area contributed by atoms with Gasteiger partial charge in [0, 0.05) is 19.5 Å². The Balaban J connectivity index is 2.75. The molecule has 0 saturated heterocycles. The van der Waals surface area contributed by atoms with Crippen LogP contribution in [0.25, 0.3) is 0 Å². The number of nitrogens with zero attached hydrogens (tertiary/aromatic N) is 2. The van der Waals surface area contributed by atoms with Gasteiger partial charge in [-0.3, -0.25) is 0 Å². The van der Waals surface area contributed by atoms with Gasteiger partial charge in [-0.2, -0.15) is 0 Å². The first kappa shape index (κ1) is 7.15. The van der Waals surface area contributed by atoms with Gasteiger partial charge in [0.15, 0.2) is 5.82 Å². The van der Waals surface area contributed by atoms with Crippen LogP contribution in [0.1, 0.15) is 18.9 Å². The molecule has 0 bridgehead atoms. The maximum Gasteiger partial charge on any atom is 0.156 e. The molecule has 3 heteroatoms. The molecule has 0 aliphatic heterocycles. The van der Waals surface area contributed by atoms with Crippen LogP contribution in [0.5, 0.6) is 0 Å². The van der Waals surface area contributed by atoms with Crippen LogP contribution in [-0.4, -0.2) is 17.1 Å². The molecule has 1 heterocycles. The Labute approximate surface area is 60.1 Å². The lowest BCUT2D eigenvalue weighted by atomic mass is 10.4. The zero-order valence-electron chi connectivity index (χ0n) is 6.11. The Morgan fingerprint density at radius 1 is 1.40 bits per heavy atom. The zero-order valence-corrected chi connectivity index (χ0v) is 6.11. The summed E-state index contributed by atoms with van der Waals surface area (Å²) in [5.74, 6) is 0.727. The normalized spacial score (nSPS) is 13.0. The molecule has 0 aromatic carbocycles. The lowest BCUT2D eigenvalue weighted by molar-refractivity contribution is 0.112. The number of hydrogen-bond acceptors (Lipinski definition) is 3. The van der Waals surface area contributed by atoms with E-state index >= 15 is 0 Å². The monoisotopic (exact) mass is 138 g/mol. The van der Waals surface area contributed by atoms with E-state index in [-0.39, 0.29) is 6.10 Å². The molecule has 0 aliphatic rings. The molecule has 1 atom stereocenters. The summed E-state index contributed by atoms with van der Waals surface area (Å²) in [5.41, 5.74) is 0. The molecule has 3 nitrogen and oxygen atoms in total. The van der Waals surface area contributed by atoms with E-state index in [9.17, 15) is 0 Å². The van der Waals surface area contributed by atoms with E-state index in [2.05, 4.69) is 9.97 Å². The van der Waals surface area contributed by atoms with Crippen molar-refractivity contribution in [3.05, 3.63) is 24.3 Å². The standard InChI is InChI=1S/C7H10N2O/c1-6(10-2)7-8-4-3-5-9-7/h3-6H,1-2H3. The SMILES string of the molecule is COC(C)c1ncccn1. The van der Waals surface area contributed by atoms with Gasteiger partial charge in [0.05, 0.1) is 0 Å². The molecular formula is C7H10N2O. The number of hydrogen-bond donors (Lipinski definition) is 0. The molecule has 54 valence electrons. The van der Waals surface area contributed by atoms with Crippen molar-refractivity contribution in [2.24, 2.45) is 0 Å². The van der Waals surface area contributed by atoms with Crippen LogP contribution in [0.15, 0.2) is 18.5 Å². The molecule has 1 rings (SSSR count). The molecule has 1 unspecified atom stereocenters. The van der Waals surface area contributed by atoms with Crippen LogP contribution in [-0.2, 0) is 4.74 Å². The first-order valence-electron chi connectivity index (χ1n) is 3.14. The van der Waals surface area contributed by atoms with Crippen LogP contribution >= 0.6 is 0 Å². The first-order valence-corrected chi connectivity index (χ1v) is 3.14. The highest BCUT2D eigenvalue weighted by atomic mass is 16.5. The molecule has 10 heavy (non-hydrogen) atoms. The second-order valence-electron chi connectivity index (χ2n) is 1.98. The van der Waals surface area contributed by atoms with E-state index in [1.807, 2.05) is 6.92 Å². The van der Waals surface area contributed by atoms with Crippen molar-refractivity contribution >= 4 is 0 Å². The highest BCUT2D eigenvalue weighted by molar-refractivity contribution is 4.91. The minimum atomic E-state index is -0.0128. The van der Waals surface area contributed by atoms with Crippen molar-refractivity contribution in [1.29, 1.82) is 0 Å². The summed E-state index contributed by atoms with van der Waals surface area (Å²) in [6.45, 7) is 1.91.